The number of hydrogen-bond acceptors (Lipinski definition) is 4. The molecular weight excluding hydrogens is 147 g/mol. The Morgan fingerprint density at radius 1 is 1.73 bits per heavy atom. The Balaban J connectivity index is 2.58. The maximum atomic E-state index is 10.8. The largest absolute Gasteiger partial charge is 0.552 e. The van der Waals surface area contributed by atoms with Gasteiger partial charge in [-0.25, -0.2) is 5.84 Å². The quantitative estimate of drug-likeness (QED) is 0.218. The number of nitrogens with one attached hydrogen (secondary N) is 1. The summed E-state index contributed by atoms with van der Waals surface area (Å²) in [5.41, 5.74) is 1.90. The van der Waals surface area contributed by atoms with Crippen molar-refractivity contribution in [3.8, 4) is 0 Å². The first-order valence-corrected chi connectivity index (χ1v) is 2.86. The minimum absolute atomic E-state index is 0.0116. The van der Waals surface area contributed by atoms with Crippen LogP contribution in [0.5, 0.6) is 0 Å². The summed E-state index contributed by atoms with van der Waals surface area (Å²) >= 11 is 0. The van der Waals surface area contributed by atoms with Crippen LogP contribution in [0, 0.1) is 0 Å². The lowest BCUT2D eigenvalue weighted by Crippen LogP contribution is -2.32. The fourth-order valence-electron chi connectivity index (χ4n) is 0.497. The molecule has 1 aliphatic heterocycles. The molecule has 1 amide bonds. The highest BCUT2D eigenvalue weighted by Crippen LogP contribution is 2.00. The number of hydrogen-bond donors (Lipinski definition) is 2. The number of rotatable bonds is 1. The number of hydrazine groups is 1. The third-order valence-corrected chi connectivity index (χ3v) is 0.961. The monoisotopic (exact) mass is 153 g/mol. The highest BCUT2D eigenvalue weighted by molar-refractivity contribution is 6.35. The summed E-state index contributed by atoms with van der Waals surface area (Å²) < 4.78 is 9.50. The van der Waals surface area contributed by atoms with Gasteiger partial charge in [0.1, 0.15) is 6.26 Å². The summed E-state index contributed by atoms with van der Waals surface area (Å²) in [6.45, 7) is 0. The molecule has 1 rings (SSSR count). The molecule has 3 N–H and O–H groups in total. The van der Waals surface area contributed by atoms with Gasteiger partial charge in [-0.2, -0.15) is 0 Å². The van der Waals surface area contributed by atoms with Gasteiger partial charge in [0, 0.05) is 0 Å². The van der Waals surface area contributed by atoms with Crippen LogP contribution in [0.2, 0.25) is 0 Å². The zero-order chi connectivity index (χ0) is 8.10. The first kappa shape index (κ1) is 7.68. The van der Waals surface area contributed by atoms with Crippen molar-refractivity contribution in [1.82, 2.24) is 5.43 Å². The molecule has 0 aromatic carbocycles. The number of ether oxygens (including phenoxy) is 1. The van der Waals surface area contributed by atoms with Crippen LogP contribution in [-0.2, 0) is 14.2 Å². The Hall–Kier alpha value is -1.43. The van der Waals surface area contributed by atoms with Gasteiger partial charge in [-0.05, 0) is 5.98 Å². The van der Waals surface area contributed by atoms with E-state index in [0.717, 1.165) is 6.26 Å². The summed E-state index contributed by atoms with van der Waals surface area (Å²) in [5, 5.41) is 0. The Labute approximate surface area is 64.1 Å². The normalized spacial score (nSPS) is 14.8. The van der Waals surface area contributed by atoms with Crippen LogP contribution in [0.4, 0.5) is 0 Å². The molecular formula is C5H6BN2O3. The molecule has 0 fully saturated rings. The standard InChI is InChI=1S/C5H6BN2O3/c7-8-5(9)4-3-10-2-1-6-11-4/h1-3H,7H2,(H,8,9). The summed E-state index contributed by atoms with van der Waals surface area (Å²) in [6.07, 6.45) is 2.53. The Kier molecular flexibility index (Phi) is 2.56. The van der Waals surface area contributed by atoms with Crippen LogP contribution in [0.25, 0.3) is 0 Å². The van der Waals surface area contributed by atoms with E-state index in [-0.39, 0.29) is 5.76 Å². The van der Waals surface area contributed by atoms with Gasteiger partial charge in [0.15, 0.2) is 0 Å². The van der Waals surface area contributed by atoms with Crippen molar-refractivity contribution in [2.75, 3.05) is 0 Å². The Morgan fingerprint density at radius 3 is 3.27 bits per heavy atom. The smallest absolute Gasteiger partial charge is 0.404 e. The molecule has 0 aromatic heterocycles. The van der Waals surface area contributed by atoms with Gasteiger partial charge in [0.2, 0.25) is 5.76 Å². The molecule has 1 aliphatic rings. The second-order valence-corrected chi connectivity index (χ2v) is 1.67. The van der Waals surface area contributed by atoms with E-state index in [1.54, 1.807) is 0 Å². The van der Waals surface area contributed by atoms with Gasteiger partial charge in [-0.1, -0.05) is 0 Å². The van der Waals surface area contributed by atoms with E-state index in [1.807, 2.05) is 5.43 Å². The fourth-order valence-corrected chi connectivity index (χ4v) is 0.497. The van der Waals surface area contributed by atoms with E-state index >= 15 is 0 Å². The maximum absolute atomic E-state index is 10.8. The molecule has 1 heterocycles. The summed E-state index contributed by atoms with van der Waals surface area (Å²) in [4.78, 5) is 10.8. The first-order valence-electron chi connectivity index (χ1n) is 2.86. The minimum atomic E-state index is -0.537. The van der Waals surface area contributed by atoms with Crippen LogP contribution >= 0.6 is 0 Å². The van der Waals surface area contributed by atoms with Crippen molar-refractivity contribution >= 4 is 13.4 Å². The third-order valence-electron chi connectivity index (χ3n) is 0.961. The number of carbonyl (C=O) groups is 1. The van der Waals surface area contributed by atoms with Crippen LogP contribution < -0.4 is 11.3 Å². The molecule has 5 nitrogen and oxygen atoms in total. The van der Waals surface area contributed by atoms with E-state index in [0.29, 0.717) is 0 Å². The molecule has 6 heteroatoms. The average molecular weight is 153 g/mol. The second kappa shape index (κ2) is 3.67. The molecule has 57 valence electrons. The molecule has 0 saturated carbocycles. The van der Waals surface area contributed by atoms with E-state index in [2.05, 4.69) is 0 Å². The summed E-state index contributed by atoms with van der Waals surface area (Å²) in [6, 6.07) is 0. The molecule has 0 atom stereocenters. The third kappa shape index (κ3) is 2.01. The van der Waals surface area contributed by atoms with Crippen molar-refractivity contribution in [2.45, 2.75) is 0 Å². The van der Waals surface area contributed by atoms with Gasteiger partial charge in [-0.3, -0.25) is 10.2 Å². The van der Waals surface area contributed by atoms with Crippen molar-refractivity contribution in [1.29, 1.82) is 0 Å². The highest BCUT2D eigenvalue weighted by atomic mass is 16.5. The summed E-state index contributed by atoms with van der Waals surface area (Å²) in [5.74, 6) is 5.83. The highest BCUT2D eigenvalue weighted by Gasteiger charge is 2.10. The van der Waals surface area contributed by atoms with Crippen molar-refractivity contribution in [3.63, 3.8) is 0 Å². The lowest BCUT2D eigenvalue weighted by atomic mass is 10.0. The lowest BCUT2D eigenvalue weighted by Gasteiger charge is -2.02. The van der Waals surface area contributed by atoms with Gasteiger partial charge in [-0.15, -0.1) is 0 Å². The fraction of sp³-hybridized carbons (Fsp3) is 0. The van der Waals surface area contributed by atoms with Gasteiger partial charge >= 0.3 is 13.4 Å². The van der Waals surface area contributed by atoms with Crippen molar-refractivity contribution in [2.24, 2.45) is 5.84 Å². The van der Waals surface area contributed by atoms with Gasteiger partial charge in [0.25, 0.3) is 0 Å². The lowest BCUT2D eigenvalue weighted by molar-refractivity contribution is -0.119. The number of carbonyl (C=O) groups excluding carboxylic acids is 1. The van der Waals surface area contributed by atoms with Gasteiger partial charge < -0.3 is 9.39 Å². The molecule has 11 heavy (non-hydrogen) atoms. The zero-order valence-electron chi connectivity index (χ0n) is 5.61. The summed E-state index contributed by atoms with van der Waals surface area (Å²) in [7, 11) is 1.31. The maximum Gasteiger partial charge on any atom is 0.404 e. The second-order valence-electron chi connectivity index (χ2n) is 1.67. The molecule has 0 aliphatic carbocycles. The molecule has 0 aromatic rings. The van der Waals surface area contributed by atoms with Gasteiger partial charge in [0.05, 0.1) is 6.26 Å². The van der Waals surface area contributed by atoms with E-state index in [4.69, 9.17) is 15.2 Å². The predicted octanol–water partition coefficient (Wildman–Crippen LogP) is -1.05. The van der Waals surface area contributed by atoms with Crippen LogP contribution in [0.1, 0.15) is 0 Å². The van der Waals surface area contributed by atoms with Crippen molar-refractivity contribution < 1.29 is 14.2 Å². The SMILES string of the molecule is NNC(=O)C1=COC=C[B]O1. The van der Waals surface area contributed by atoms with Crippen LogP contribution in [-0.4, -0.2) is 13.4 Å². The topological polar surface area (TPSA) is 73.6 Å². The molecule has 0 saturated heterocycles. The van der Waals surface area contributed by atoms with E-state index < -0.39 is 5.91 Å². The number of nitrogens with two attached hydrogens (primary N) is 1. The predicted molar refractivity (Wildman–Crippen MR) is 37.5 cm³/mol. The van der Waals surface area contributed by atoms with E-state index in [9.17, 15) is 4.79 Å². The molecule has 0 bridgehead atoms. The van der Waals surface area contributed by atoms with E-state index in [1.165, 1.54) is 19.7 Å². The van der Waals surface area contributed by atoms with Crippen molar-refractivity contribution in [3.05, 3.63) is 24.3 Å². The number of amides is 1. The molecule has 0 spiro atoms. The Morgan fingerprint density at radius 2 is 2.55 bits per heavy atom. The zero-order valence-corrected chi connectivity index (χ0v) is 5.61. The van der Waals surface area contributed by atoms with Crippen LogP contribution in [0.3, 0.4) is 0 Å². The van der Waals surface area contributed by atoms with Crippen LogP contribution in [0.15, 0.2) is 24.3 Å². The minimum Gasteiger partial charge on any atom is -0.552 e. The molecule has 0 unspecified atom stereocenters. The molecule has 1 radical (unpaired) electrons. The Bertz CT molecular complexity index is 214. The average Bonchev–Trinajstić information content (AvgIpc) is 2.30. The first-order chi connectivity index (χ1) is 5.34.